The topological polar surface area (TPSA) is 9.23 Å². The molecule has 80 valence electrons. The largest absolute Gasteiger partial charge is 0.382 e. The van der Waals surface area contributed by atoms with Gasteiger partial charge in [-0.2, -0.15) is 0 Å². The van der Waals surface area contributed by atoms with Crippen molar-refractivity contribution < 1.29 is 4.74 Å². The second-order valence-corrected chi connectivity index (χ2v) is 3.94. The Balaban J connectivity index is 3.05. The van der Waals surface area contributed by atoms with Crippen molar-refractivity contribution in [1.29, 1.82) is 0 Å². The average molecular weight is 186 g/mol. The van der Waals surface area contributed by atoms with Crippen LogP contribution in [0.2, 0.25) is 0 Å². The molecule has 0 fully saturated rings. The SMILES string of the molecule is CCCCC[C@H](C)CCCOCC. The molecule has 0 amide bonds. The summed E-state index contributed by atoms with van der Waals surface area (Å²) in [6.45, 7) is 8.50. The molecule has 1 heteroatoms. The van der Waals surface area contributed by atoms with Gasteiger partial charge in [-0.1, -0.05) is 39.5 Å². The van der Waals surface area contributed by atoms with Gasteiger partial charge >= 0.3 is 0 Å². The van der Waals surface area contributed by atoms with E-state index in [4.69, 9.17) is 4.74 Å². The van der Waals surface area contributed by atoms with Crippen LogP contribution in [-0.2, 0) is 4.74 Å². The monoisotopic (exact) mass is 186 g/mol. The maximum atomic E-state index is 5.31. The summed E-state index contributed by atoms with van der Waals surface area (Å²) in [4.78, 5) is 0. The fourth-order valence-corrected chi connectivity index (χ4v) is 1.57. The van der Waals surface area contributed by atoms with Crippen LogP contribution in [-0.4, -0.2) is 13.2 Å². The van der Waals surface area contributed by atoms with Crippen molar-refractivity contribution >= 4 is 0 Å². The zero-order chi connectivity index (χ0) is 9.94. The van der Waals surface area contributed by atoms with Gasteiger partial charge in [-0.15, -0.1) is 0 Å². The second-order valence-electron chi connectivity index (χ2n) is 3.94. The quantitative estimate of drug-likeness (QED) is 0.494. The first kappa shape index (κ1) is 13.0. The van der Waals surface area contributed by atoms with Crippen molar-refractivity contribution in [2.45, 2.75) is 59.3 Å². The van der Waals surface area contributed by atoms with E-state index in [1.807, 2.05) is 0 Å². The highest BCUT2D eigenvalue weighted by atomic mass is 16.5. The minimum absolute atomic E-state index is 0.865. The van der Waals surface area contributed by atoms with E-state index in [1.165, 1.54) is 38.5 Å². The Labute approximate surface area is 83.9 Å². The minimum atomic E-state index is 0.865. The fraction of sp³-hybridized carbons (Fsp3) is 1.00. The smallest absolute Gasteiger partial charge is 0.0465 e. The molecule has 0 heterocycles. The fourth-order valence-electron chi connectivity index (χ4n) is 1.57. The third-order valence-corrected chi connectivity index (χ3v) is 2.49. The van der Waals surface area contributed by atoms with Crippen LogP contribution in [0.1, 0.15) is 59.3 Å². The Morgan fingerprint density at radius 3 is 2.31 bits per heavy atom. The third-order valence-electron chi connectivity index (χ3n) is 2.49. The molecular weight excluding hydrogens is 160 g/mol. The lowest BCUT2D eigenvalue weighted by Crippen LogP contribution is -1.99. The predicted octanol–water partition coefficient (Wildman–Crippen LogP) is 4.02. The van der Waals surface area contributed by atoms with Crippen LogP contribution in [0.4, 0.5) is 0 Å². The lowest BCUT2D eigenvalue weighted by atomic mass is 9.98. The van der Waals surface area contributed by atoms with E-state index >= 15 is 0 Å². The van der Waals surface area contributed by atoms with Gasteiger partial charge < -0.3 is 4.74 Å². The highest BCUT2D eigenvalue weighted by molar-refractivity contribution is 4.53. The van der Waals surface area contributed by atoms with E-state index in [1.54, 1.807) is 0 Å². The maximum absolute atomic E-state index is 5.31. The lowest BCUT2D eigenvalue weighted by molar-refractivity contribution is 0.139. The number of hydrogen-bond acceptors (Lipinski definition) is 1. The van der Waals surface area contributed by atoms with Gasteiger partial charge in [0.05, 0.1) is 0 Å². The molecule has 0 spiro atoms. The molecule has 0 aromatic rings. The predicted molar refractivity (Wildman–Crippen MR) is 59.0 cm³/mol. The van der Waals surface area contributed by atoms with Gasteiger partial charge in [0.25, 0.3) is 0 Å². The van der Waals surface area contributed by atoms with Crippen molar-refractivity contribution in [1.82, 2.24) is 0 Å². The Kier molecular flexibility index (Phi) is 10.0. The standard InChI is InChI=1S/C12H26O/c1-4-6-7-9-12(3)10-8-11-13-5-2/h12H,4-11H2,1-3H3/t12-/m0/s1. The summed E-state index contributed by atoms with van der Waals surface area (Å²) in [6, 6.07) is 0. The Morgan fingerprint density at radius 2 is 1.69 bits per heavy atom. The van der Waals surface area contributed by atoms with Crippen molar-refractivity contribution in [2.24, 2.45) is 5.92 Å². The van der Waals surface area contributed by atoms with Crippen molar-refractivity contribution in [2.75, 3.05) is 13.2 Å². The molecule has 0 aromatic heterocycles. The molecule has 0 N–H and O–H groups in total. The van der Waals surface area contributed by atoms with E-state index in [-0.39, 0.29) is 0 Å². The summed E-state index contributed by atoms with van der Waals surface area (Å²) in [5.74, 6) is 0.895. The molecule has 0 saturated heterocycles. The van der Waals surface area contributed by atoms with E-state index in [2.05, 4.69) is 20.8 Å². The third kappa shape index (κ3) is 9.88. The highest BCUT2D eigenvalue weighted by Gasteiger charge is 2.00. The van der Waals surface area contributed by atoms with Crippen LogP contribution in [0.25, 0.3) is 0 Å². The molecule has 0 unspecified atom stereocenters. The summed E-state index contributed by atoms with van der Waals surface area (Å²) >= 11 is 0. The Morgan fingerprint density at radius 1 is 1.00 bits per heavy atom. The zero-order valence-corrected chi connectivity index (χ0v) is 9.64. The van der Waals surface area contributed by atoms with Crippen LogP contribution < -0.4 is 0 Å². The molecule has 0 aliphatic heterocycles. The zero-order valence-electron chi connectivity index (χ0n) is 9.64. The molecular formula is C12H26O. The molecule has 0 radical (unpaired) electrons. The molecule has 13 heavy (non-hydrogen) atoms. The molecule has 0 aromatic carbocycles. The van der Waals surface area contributed by atoms with Crippen LogP contribution >= 0.6 is 0 Å². The molecule has 0 aliphatic carbocycles. The van der Waals surface area contributed by atoms with E-state index in [0.29, 0.717) is 0 Å². The molecule has 0 rings (SSSR count). The average Bonchev–Trinajstić information content (AvgIpc) is 2.13. The number of unbranched alkanes of at least 4 members (excludes halogenated alkanes) is 2. The van der Waals surface area contributed by atoms with E-state index in [0.717, 1.165) is 19.1 Å². The second kappa shape index (κ2) is 10.0. The van der Waals surface area contributed by atoms with Crippen LogP contribution in [0.15, 0.2) is 0 Å². The molecule has 0 aliphatic rings. The van der Waals surface area contributed by atoms with Crippen molar-refractivity contribution in [3.63, 3.8) is 0 Å². The Bertz CT molecular complexity index is 91.1. The molecule has 1 nitrogen and oxygen atoms in total. The van der Waals surface area contributed by atoms with E-state index < -0.39 is 0 Å². The number of hydrogen-bond donors (Lipinski definition) is 0. The number of ether oxygens (including phenoxy) is 1. The van der Waals surface area contributed by atoms with Crippen LogP contribution in [0.3, 0.4) is 0 Å². The van der Waals surface area contributed by atoms with Gasteiger partial charge in [0.15, 0.2) is 0 Å². The summed E-state index contributed by atoms with van der Waals surface area (Å²) in [5.41, 5.74) is 0. The summed E-state index contributed by atoms with van der Waals surface area (Å²) in [6.07, 6.45) is 8.12. The first-order valence-corrected chi connectivity index (χ1v) is 5.89. The Hall–Kier alpha value is -0.0400. The van der Waals surface area contributed by atoms with Gasteiger partial charge in [-0.25, -0.2) is 0 Å². The number of rotatable bonds is 9. The summed E-state index contributed by atoms with van der Waals surface area (Å²) in [5, 5.41) is 0. The lowest BCUT2D eigenvalue weighted by Gasteiger charge is -2.10. The van der Waals surface area contributed by atoms with Gasteiger partial charge in [0, 0.05) is 13.2 Å². The minimum Gasteiger partial charge on any atom is -0.382 e. The molecule has 1 atom stereocenters. The first-order chi connectivity index (χ1) is 6.31. The molecule has 0 bridgehead atoms. The summed E-state index contributed by atoms with van der Waals surface area (Å²) in [7, 11) is 0. The normalized spacial score (nSPS) is 13.2. The van der Waals surface area contributed by atoms with Crippen molar-refractivity contribution in [3.8, 4) is 0 Å². The van der Waals surface area contributed by atoms with Gasteiger partial charge in [-0.3, -0.25) is 0 Å². The van der Waals surface area contributed by atoms with Crippen LogP contribution in [0.5, 0.6) is 0 Å². The molecule has 0 saturated carbocycles. The first-order valence-electron chi connectivity index (χ1n) is 5.89. The maximum Gasteiger partial charge on any atom is 0.0465 e. The van der Waals surface area contributed by atoms with Crippen LogP contribution in [0, 0.1) is 5.92 Å². The van der Waals surface area contributed by atoms with Crippen molar-refractivity contribution in [3.05, 3.63) is 0 Å². The highest BCUT2D eigenvalue weighted by Crippen LogP contribution is 2.14. The van der Waals surface area contributed by atoms with E-state index in [9.17, 15) is 0 Å². The van der Waals surface area contributed by atoms with Gasteiger partial charge in [0.1, 0.15) is 0 Å². The van der Waals surface area contributed by atoms with Gasteiger partial charge in [-0.05, 0) is 25.7 Å². The van der Waals surface area contributed by atoms with Gasteiger partial charge in [0.2, 0.25) is 0 Å². The summed E-state index contributed by atoms with van der Waals surface area (Å²) < 4.78 is 5.31.